The van der Waals surface area contributed by atoms with Crippen molar-refractivity contribution in [3.8, 4) is 5.75 Å². The minimum absolute atomic E-state index is 0.235. The summed E-state index contributed by atoms with van der Waals surface area (Å²) in [5.41, 5.74) is 3.71. The minimum atomic E-state index is 0.235. The fourth-order valence-electron chi connectivity index (χ4n) is 4.95. The molecule has 2 atom stereocenters. The fraction of sp³-hybridized carbons (Fsp3) is 0.500. The number of amides is 1. The Hall–Kier alpha value is -2.33. The number of hydrogen-bond acceptors (Lipinski definition) is 3. The summed E-state index contributed by atoms with van der Waals surface area (Å²) in [6.07, 6.45) is 4.43. The topological polar surface area (TPSA) is 32.8 Å². The first-order chi connectivity index (χ1) is 14.6. The third-order valence-electron chi connectivity index (χ3n) is 6.76. The van der Waals surface area contributed by atoms with Crippen LogP contribution in [0.3, 0.4) is 0 Å². The quantitative estimate of drug-likeness (QED) is 0.718. The molecule has 2 aromatic rings. The lowest BCUT2D eigenvalue weighted by Crippen LogP contribution is -2.37. The zero-order valence-corrected chi connectivity index (χ0v) is 18.3. The van der Waals surface area contributed by atoms with E-state index in [1.807, 2.05) is 24.3 Å². The molecule has 4 heteroatoms. The Morgan fingerprint density at radius 1 is 0.967 bits per heavy atom. The summed E-state index contributed by atoms with van der Waals surface area (Å²) in [5, 5.41) is 0. The average molecular weight is 407 g/mol. The molecule has 2 heterocycles. The second-order valence-corrected chi connectivity index (χ2v) is 8.96. The number of ether oxygens (including phenoxy) is 1. The van der Waals surface area contributed by atoms with Crippen molar-refractivity contribution in [3.05, 3.63) is 65.2 Å². The van der Waals surface area contributed by atoms with Gasteiger partial charge in [0.25, 0.3) is 0 Å². The Kier molecular flexibility index (Phi) is 6.73. The molecule has 0 aliphatic carbocycles. The number of methoxy groups -OCH3 is 1. The Morgan fingerprint density at radius 2 is 1.67 bits per heavy atom. The summed E-state index contributed by atoms with van der Waals surface area (Å²) in [6.45, 7) is 7.34. The van der Waals surface area contributed by atoms with Gasteiger partial charge >= 0.3 is 0 Å². The second-order valence-electron chi connectivity index (χ2n) is 8.96. The van der Waals surface area contributed by atoms with Gasteiger partial charge in [-0.2, -0.15) is 0 Å². The van der Waals surface area contributed by atoms with Crippen molar-refractivity contribution in [1.82, 2.24) is 9.80 Å². The standard InChI is InChI=1S/C26H34N2O2/c1-20-6-10-22(11-7-20)25-19-28(18-23(25)17-27-14-4-3-5-15-27)26(29)16-21-8-12-24(30-2)13-9-21/h6-13,23,25H,3-5,14-19H2,1-2H3. The normalized spacial score (nSPS) is 22.3. The van der Waals surface area contributed by atoms with Gasteiger partial charge in [0.05, 0.1) is 13.5 Å². The highest BCUT2D eigenvalue weighted by Crippen LogP contribution is 2.34. The largest absolute Gasteiger partial charge is 0.497 e. The van der Waals surface area contributed by atoms with Crippen LogP contribution in [0.1, 0.15) is 41.9 Å². The van der Waals surface area contributed by atoms with E-state index in [0.717, 1.165) is 30.9 Å². The number of likely N-dealkylation sites (tertiary alicyclic amines) is 2. The summed E-state index contributed by atoms with van der Waals surface area (Å²) in [7, 11) is 1.66. The van der Waals surface area contributed by atoms with Crippen LogP contribution in [0.2, 0.25) is 0 Å². The van der Waals surface area contributed by atoms with Crippen LogP contribution in [-0.4, -0.2) is 55.5 Å². The van der Waals surface area contributed by atoms with E-state index in [4.69, 9.17) is 4.74 Å². The smallest absolute Gasteiger partial charge is 0.227 e. The molecule has 4 nitrogen and oxygen atoms in total. The SMILES string of the molecule is COc1ccc(CC(=O)N2CC(CN3CCCCC3)C(c3ccc(C)cc3)C2)cc1. The molecule has 2 fully saturated rings. The van der Waals surface area contributed by atoms with Gasteiger partial charge in [-0.15, -0.1) is 0 Å². The third-order valence-corrected chi connectivity index (χ3v) is 6.76. The van der Waals surface area contributed by atoms with Gasteiger partial charge in [-0.25, -0.2) is 0 Å². The molecular formula is C26H34N2O2. The van der Waals surface area contributed by atoms with E-state index in [-0.39, 0.29) is 5.91 Å². The number of piperidine rings is 1. The van der Waals surface area contributed by atoms with Crippen LogP contribution in [-0.2, 0) is 11.2 Å². The van der Waals surface area contributed by atoms with Crippen LogP contribution in [0.25, 0.3) is 0 Å². The minimum Gasteiger partial charge on any atom is -0.497 e. The van der Waals surface area contributed by atoms with Gasteiger partial charge in [-0.3, -0.25) is 4.79 Å². The van der Waals surface area contributed by atoms with E-state index < -0.39 is 0 Å². The van der Waals surface area contributed by atoms with Gasteiger partial charge < -0.3 is 14.5 Å². The zero-order chi connectivity index (χ0) is 20.9. The average Bonchev–Trinajstić information content (AvgIpc) is 3.19. The molecule has 2 aliphatic rings. The number of aryl methyl sites for hydroxylation is 1. The molecule has 2 aromatic carbocycles. The lowest BCUT2D eigenvalue weighted by molar-refractivity contribution is -0.129. The number of rotatable bonds is 6. The molecule has 2 aliphatic heterocycles. The van der Waals surface area contributed by atoms with Crippen molar-refractivity contribution in [2.24, 2.45) is 5.92 Å². The van der Waals surface area contributed by atoms with Crippen LogP contribution in [0.4, 0.5) is 0 Å². The number of nitrogens with zero attached hydrogens (tertiary/aromatic N) is 2. The maximum absolute atomic E-state index is 13.1. The summed E-state index contributed by atoms with van der Waals surface area (Å²) in [4.78, 5) is 17.8. The molecule has 4 rings (SSSR count). The molecule has 2 saturated heterocycles. The molecule has 0 bridgehead atoms. The van der Waals surface area contributed by atoms with Gasteiger partial charge in [-0.1, -0.05) is 48.4 Å². The van der Waals surface area contributed by atoms with E-state index >= 15 is 0 Å². The van der Waals surface area contributed by atoms with E-state index in [9.17, 15) is 4.79 Å². The lowest BCUT2D eigenvalue weighted by atomic mass is 9.88. The van der Waals surface area contributed by atoms with Gasteiger partial charge in [0, 0.05) is 25.6 Å². The highest BCUT2D eigenvalue weighted by atomic mass is 16.5. The van der Waals surface area contributed by atoms with Crippen molar-refractivity contribution >= 4 is 5.91 Å². The molecule has 30 heavy (non-hydrogen) atoms. The van der Waals surface area contributed by atoms with Crippen molar-refractivity contribution in [3.63, 3.8) is 0 Å². The van der Waals surface area contributed by atoms with Crippen molar-refractivity contribution in [2.75, 3.05) is 39.8 Å². The summed E-state index contributed by atoms with van der Waals surface area (Å²) in [5.74, 6) is 1.99. The van der Waals surface area contributed by atoms with Gasteiger partial charge in [-0.05, 0) is 62.0 Å². The van der Waals surface area contributed by atoms with Crippen LogP contribution in [0, 0.1) is 12.8 Å². The maximum atomic E-state index is 13.1. The van der Waals surface area contributed by atoms with E-state index in [2.05, 4.69) is 41.0 Å². The second kappa shape index (κ2) is 9.65. The van der Waals surface area contributed by atoms with E-state index in [0.29, 0.717) is 18.3 Å². The Morgan fingerprint density at radius 3 is 2.33 bits per heavy atom. The van der Waals surface area contributed by atoms with Gasteiger partial charge in [0.1, 0.15) is 5.75 Å². The fourth-order valence-corrected chi connectivity index (χ4v) is 4.95. The predicted octanol–water partition coefficient (Wildman–Crippen LogP) is 4.27. The van der Waals surface area contributed by atoms with Crippen molar-refractivity contribution in [1.29, 1.82) is 0 Å². The van der Waals surface area contributed by atoms with Crippen LogP contribution >= 0.6 is 0 Å². The van der Waals surface area contributed by atoms with Gasteiger partial charge in [0.2, 0.25) is 5.91 Å². The Bertz CT molecular complexity index is 825. The first-order valence-corrected chi connectivity index (χ1v) is 11.3. The molecular weight excluding hydrogens is 372 g/mol. The van der Waals surface area contributed by atoms with Crippen molar-refractivity contribution in [2.45, 2.75) is 38.5 Å². The Labute approximate surface area is 180 Å². The molecule has 0 spiro atoms. The molecule has 0 aromatic heterocycles. The predicted molar refractivity (Wildman–Crippen MR) is 121 cm³/mol. The highest BCUT2D eigenvalue weighted by Gasteiger charge is 2.37. The van der Waals surface area contributed by atoms with E-state index in [1.165, 1.54) is 43.5 Å². The number of carbonyl (C=O) groups excluding carboxylic acids is 1. The highest BCUT2D eigenvalue weighted by molar-refractivity contribution is 5.79. The molecule has 0 N–H and O–H groups in total. The molecule has 0 saturated carbocycles. The zero-order valence-electron chi connectivity index (χ0n) is 18.3. The molecule has 2 unspecified atom stereocenters. The first-order valence-electron chi connectivity index (χ1n) is 11.3. The first kappa shape index (κ1) is 20.9. The number of carbonyl (C=O) groups is 1. The summed E-state index contributed by atoms with van der Waals surface area (Å²) >= 11 is 0. The van der Waals surface area contributed by atoms with Crippen molar-refractivity contribution < 1.29 is 9.53 Å². The van der Waals surface area contributed by atoms with Crippen LogP contribution in [0.15, 0.2) is 48.5 Å². The Balaban J connectivity index is 1.46. The number of benzene rings is 2. The van der Waals surface area contributed by atoms with E-state index in [1.54, 1.807) is 7.11 Å². The summed E-state index contributed by atoms with van der Waals surface area (Å²) in [6, 6.07) is 16.8. The van der Waals surface area contributed by atoms with Gasteiger partial charge in [0.15, 0.2) is 0 Å². The summed E-state index contributed by atoms with van der Waals surface area (Å²) < 4.78 is 5.23. The lowest BCUT2D eigenvalue weighted by Gasteiger charge is -2.31. The molecule has 160 valence electrons. The molecule has 0 radical (unpaired) electrons. The maximum Gasteiger partial charge on any atom is 0.227 e. The monoisotopic (exact) mass is 406 g/mol. The van der Waals surface area contributed by atoms with Crippen LogP contribution in [0.5, 0.6) is 5.75 Å². The molecule has 1 amide bonds. The third kappa shape index (κ3) is 5.04. The number of hydrogen-bond donors (Lipinski definition) is 0. The van der Waals surface area contributed by atoms with Crippen LogP contribution < -0.4 is 4.74 Å².